The molecule has 1 fully saturated rings. The van der Waals surface area contributed by atoms with Crippen LogP contribution in [0.5, 0.6) is 0 Å². The van der Waals surface area contributed by atoms with Gasteiger partial charge in [0, 0.05) is 19.2 Å². The first-order valence-corrected chi connectivity index (χ1v) is 8.08. The summed E-state index contributed by atoms with van der Waals surface area (Å²) in [5, 5.41) is 3.94. The monoisotopic (exact) mass is 273 g/mol. The summed E-state index contributed by atoms with van der Waals surface area (Å²) in [5.41, 5.74) is 0. The molecule has 0 saturated carbocycles. The second kappa shape index (κ2) is 5.36. The summed E-state index contributed by atoms with van der Waals surface area (Å²) in [6, 6.07) is 0.106. The van der Waals surface area contributed by atoms with Gasteiger partial charge in [0.25, 0.3) is 0 Å². The third-order valence-electron chi connectivity index (χ3n) is 3.33. The number of hydrogen-bond donors (Lipinski definition) is 0. The maximum Gasteiger partial charge on any atom is 0.223 e. The molecule has 1 atom stereocenters. The molecule has 1 aromatic rings. The summed E-state index contributed by atoms with van der Waals surface area (Å²) in [7, 11) is -2.91. The molecule has 1 saturated heterocycles. The molecule has 18 heavy (non-hydrogen) atoms. The van der Waals surface area contributed by atoms with Gasteiger partial charge in [0.1, 0.15) is 0 Å². The van der Waals surface area contributed by atoms with E-state index < -0.39 is 9.84 Å². The van der Waals surface area contributed by atoms with Crippen LogP contribution in [0.2, 0.25) is 0 Å². The van der Waals surface area contributed by atoms with Gasteiger partial charge in [0.05, 0.1) is 11.8 Å². The zero-order valence-corrected chi connectivity index (χ0v) is 11.6. The summed E-state index contributed by atoms with van der Waals surface area (Å²) in [5.74, 6) is 1.64. The van der Waals surface area contributed by atoms with Crippen LogP contribution in [0.3, 0.4) is 0 Å². The topological polar surface area (TPSA) is 76.3 Å². The third-order valence-corrected chi connectivity index (χ3v) is 5.02. The van der Waals surface area contributed by atoms with Crippen LogP contribution in [0, 0.1) is 6.92 Å². The Hall–Kier alpha value is -0.950. The minimum atomic E-state index is -2.91. The fraction of sp³-hybridized carbons (Fsp3) is 0.818. The number of sulfone groups is 1. The van der Waals surface area contributed by atoms with Crippen molar-refractivity contribution < 1.29 is 12.9 Å². The standard InChI is InChI=1S/C11H19N3O3S/c1-3-18(15,16)8-7-14-6-4-5-10(14)11-12-9(2)17-13-11/h10H,3-8H2,1-2H3. The Morgan fingerprint density at radius 1 is 1.50 bits per heavy atom. The van der Waals surface area contributed by atoms with Crippen molar-refractivity contribution >= 4 is 9.84 Å². The minimum absolute atomic E-state index is 0.106. The molecule has 2 rings (SSSR count). The van der Waals surface area contributed by atoms with Crippen LogP contribution >= 0.6 is 0 Å². The van der Waals surface area contributed by atoms with Crippen LogP contribution in [-0.4, -0.2) is 48.1 Å². The molecule has 7 heteroatoms. The molecule has 1 aromatic heterocycles. The molecule has 0 aromatic carbocycles. The first-order chi connectivity index (χ1) is 8.52. The lowest BCUT2D eigenvalue weighted by Crippen LogP contribution is -2.30. The van der Waals surface area contributed by atoms with E-state index in [1.165, 1.54) is 0 Å². The molecule has 1 unspecified atom stereocenters. The van der Waals surface area contributed by atoms with Gasteiger partial charge in [-0.3, -0.25) is 4.90 Å². The SMILES string of the molecule is CCS(=O)(=O)CCN1CCCC1c1noc(C)n1. The number of likely N-dealkylation sites (tertiary alicyclic amines) is 1. The normalized spacial score (nSPS) is 21.6. The van der Waals surface area contributed by atoms with Gasteiger partial charge in [-0.1, -0.05) is 12.1 Å². The lowest BCUT2D eigenvalue weighted by Gasteiger charge is -2.21. The average molecular weight is 273 g/mol. The first kappa shape index (κ1) is 13.5. The Morgan fingerprint density at radius 2 is 2.28 bits per heavy atom. The van der Waals surface area contributed by atoms with Gasteiger partial charge in [-0.25, -0.2) is 8.42 Å². The fourth-order valence-electron chi connectivity index (χ4n) is 2.24. The smallest absolute Gasteiger partial charge is 0.223 e. The van der Waals surface area contributed by atoms with Crippen molar-refractivity contribution in [1.82, 2.24) is 15.0 Å². The molecule has 0 N–H and O–H groups in total. The molecule has 6 nitrogen and oxygen atoms in total. The van der Waals surface area contributed by atoms with Gasteiger partial charge in [-0.15, -0.1) is 0 Å². The van der Waals surface area contributed by atoms with E-state index in [4.69, 9.17) is 4.52 Å². The number of aryl methyl sites for hydroxylation is 1. The van der Waals surface area contributed by atoms with Gasteiger partial charge >= 0.3 is 0 Å². The zero-order chi connectivity index (χ0) is 13.2. The lowest BCUT2D eigenvalue weighted by atomic mass is 10.2. The third kappa shape index (κ3) is 3.08. The molecule has 1 aliphatic rings. The van der Waals surface area contributed by atoms with Gasteiger partial charge in [-0.2, -0.15) is 4.98 Å². The van der Waals surface area contributed by atoms with Crippen LogP contribution in [0.4, 0.5) is 0 Å². The van der Waals surface area contributed by atoms with E-state index in [0.717, 1.165) is 19.4 Å². The first-order valence-electron chi connectivity index (χ1n) is 6.26. The van der Waals surface area contributed by atoms with Crippen molar-refractivity contribution in [2.75, 3.05) is 24.6 Å². The van der Waals surface area contributed by atoms with Gasteiger partial charge in [0.2, 0.25) is 5.89 Å². The summed E-state index contributed by atoms with van der Waals surface area (Å²) in [4.78, 5) is 6.38. The van der Waals surface area contributed by atoms with E-state index in [9.17, 15) is 8.42 Å². The van der Waals surface area contributed by atoms with E-state index in [1.54, 1.807) is 13.8 Å². The highest BCUT2D eigenvalue weighted by molar-refractivity contribution is 7.91. The number of nitrogens with zero attached hydrogens (tertiary/aromatic N) is 3. The Balaban J connectivity index is 2.00. The summed E-state index contributed by atoms with van der Waals surface area (Å²) in [6.07, 6.45) is 2.01. The molecule has 0 aliphatic carbocycles. The molecule has 2 heterocycles. The van der Waals surface area contributed by atoms with E-state index in [0.29, 0.717) is 18.3 Å². The molecule has 0 radical (unpaired) electrons. The molecule has 0 bridgehead atoms. The Kier molecular flexibility index (Phi) is 4.01. The van der Waals surface area contributed by atoms with Crippen LogP contribution in [0.1, 0.15) is 37.5 Å². The van der Waals surface area contributed by atoms with Crippen molar-refractivity contribution in [2.45, 2.75) is 32.7 Å². The van der Waals surface area contributed by atoms with Crippen molar-refractivity contribution in [1.29, 1.82) is 0 Å². The predicted molar refractivity (Wildman–Crippen MR) is 66.9 cm³/mol. The van der Waals surface area contributed by atoms with Gasteiger partial charge in [0.15, 0.2) is 15.7 Å². The van der Waals surface area contributed by atoms with Gasteiger partial charge < -0.3 is 4.52 Å². The highest BCUT2D eigenvalue weighted by atomic mass is 32.2. The molecular weight excluding hydrogens is 254 g/mol. The molecular formula is C11H19N3O3S. The van der Waals surface area contributed by atoms with Crippen LogP contribution in [-0.2, 0) is 9.84 Å². The van der Waals surface area contributed by atoms with Crippen LogP contribution in [0.15, 0.2) is 4.52 Å². The second-order valence-corrected chi connectivity index (χ2v) is 7.07. The van der Waals surface area contributed by atoms with Crippen LogP contribution in [0.25, 0.3) is 0 Å². The number of rotatable bonds is 5. The lowest BCUT2D eigenvalue weighted by molar-refractivity contribution is 0.255. The van der Waals surface area contributed by atoms with E-state index in [2.05, 4.69) is 15.0 Å². The summed E-state index contributed by atoms with van der Waals surface area (Å²) >= 11 is 0. The molecule has 102 valence electrons. The second-order valence-electron chi connectivity index (χ2n) is 4.60. The highest BCUT2D eigenvalue weighted by Gasteiger charge is 2.30. The zero-order valence-electron chi connectivity index (χ0n) is 10.8. The highest BCUT2D eigenvalue weighted by Crippen LogP contribution is 2.29. The Bertz CT molecular complexity index is 497. The maximum atomic E-state index is 11.5. The number of aromatic nitrogens is 2. The summed E-state index contributed by atoms with van der Waals surface area (Å²) < 4.78 is 28.0. The Labute approximate surface area is 107 Å². The molecule has 0 spiro atoms. The number of hydrogen-bond acceptors (Lipinski definition) is 6. The van der Waals surface area contributed by atoms with Crippen LogP contribution < -0.4 is 0 Å². The Morgan fingerprint density at radius 3 is 2.89 bits per heavy atom. The maximum absolute atomic E-state index is 11.5. The van der Waals surface area contributed by atoms with Crippen molar-refractivity contribution in [3.63, 3.8) is 0 Å². The fourth-order valence-corrected chi connectivity index (χ4v) is 3.04. The quantitative estimate of drug-likeness (QED) is 0.795. The molecule has 1 aliphatic heterocycles. The van der Waals surface area contributed by atoms with Crippen molar-refractivity contribution in [3.8, 4) is 0 Å². The summed E-state index contributed by atoms with van der Waals surface area (Å²) in [6.45, 7) is 4.89. The van der Waals surface area contributed by atoms with E-state index in [1.807, 2.05) is 0 Å². The largest absolute Gasteiger partial charge is 0.340 e. The average Bonchev–Trinajstić information content (AvgIpc) is 2.94. The van der Waals surface area contributed by atoms with E-state index in [-0.39, 0.29) is 17.5 Å². The van der Waals surface area contributed by atoms with E-state index >= 15 is 0 Å². The van der Waals surface area contributed by atoms with Crippen molar-refractivity contribution in [3.05, 3.63) is 11.7 Å². The van der Waals surface area contributed by atoms with Gasteiger partial charge in [-0.05, 0) is 19.4 Å². The molecule has 0 amide bonds. The predicted octanol–water partition coefficient (Wildman–Crippen LogP) is 0.950. The minimum Gasteiger partial charge on any atom is -0.340 e. The van der Waals surface area contributed by atoms with Crippen molar-refractivity contribution in [2.24, 2.45) is 0 Å².